The summed E-state index contributed by atoms with van der Waals surface area (Å²) >= 11 is 6.22. The molecule has 0 aliphatic heterocycles. The van der Waals surface area contributed by atoms with E-state index >= 15 is 0 Å². The predicted molar refractivity (Wildman–Crippen MR) is 105 cm³/mol. The summed E-state index contributed by atoms with van der Waals surface area (Å²) in [5.41, 5.74) is 1.28. The minimum atomic E-state index is -3.62. The topological polar surface area (TPSA) is 90.2 Å². The second kappa shape index (κ2) is 7.61. The fourth-order valence-electron chi connectivity index (χ4n) is 3.28. The average molecular weight is 405 g/mol. The molecule has 0 unspecified atom stereocenters. The van der Waals surface area contributed by atoms with Gasteiger partial charge in [-0.2, -0.15) is 5.26 Å². The van der Waals surface area contributed by atoms with Gasteiger partial charge in [-0.25, -0.2) is 13.1 Å². The molecule has 0 heterocycles. The Balaban J connectivity index is 1.76. The van der Waals surface area contributed by atoms with E-state index in [-0.39, 0.29) is 10.9 Å². The molecule has 2 aromatic rings. The SMILES string of the molecule is C[C@]1(O)CC[C@@H](NS(=O)(=O)c2ccc(-c3ccc(C#N)cc3Cl)cc2)CC1. The summed E-state index contributed by atoms with van der Waals surface area (Å²) in [5, 5.41) is 19.4. The van der Waals surface area contributed by atoms with Crippen LogP contribution in [0.1, 0.15) is 38.2 Å². The lowest BCUT2D eigenvalue weighted by Gasteiger charge is -2.33. The van der Waals surface area contributed by atoms with Gasteiger partial charge < -0.3 is 5.11 Å². The Hall–Kier alpha value is -1.91. The van der Waals surface area contributed by atoms with Crippen LogP contribution < -0.4 is 4.72 Å². The van der Waals surface area contributed by atoms with Crippen molar-refractivity contribution in [3.05, 3.63) is 53.1 Å². The number of sulfonamides is 1. The Morgan fingerprint density at radius 1 is 1.19 bits per heavy atom. The lowest BCUT2D eigenvalue weighted by Crippen LogP contribution is -2.42. The molecule has 0 radical (unpaired) electrons. The van der Waals surface area contributed by atoms with Gasteiger partial charge in [0.25, 0.3) is 0 Å². The van der Waals surface area contributed by atoms with E-state index in [1.54, 1.807) is 49.4 Å². The summed E-state index contributed by atoms with van der Waals surface area (Å²) in [4.78, 5) is 0.188. The van der Waals surface area contributed by atoms with E-state index in [1.165, 1.54) is 0 Å². The smallest absolute Gasteiger partial charge is 0.240 e. The molecule has 7 heteroatoms. The van der Waals surface area contributed by atoms with Gasteiger partial charge in [0.05, 0.1) is 22.1 Å². The highest BCUT2D eigenvalue weighted by atomic mass is 35.5. The fourth-order valence-corrected chi connectivity index (χ4v) is 4.87. The maximum Gasteiger partial charge on any atom is 0.240 e. The van der Waals surface area contributed by atoms with Crippen molar-refractivity contribution in [2.75, 3.05) is 0 Å². The van der Waals surface area contributed by atoms with Crippen LogP contribution in [0.5, 0.6) is 0 Å². The highest BCUT2D eigenvalue weighted by Crippen LogP contribution is 2.31. The van der Waals surface area contributed by atoms with Gasteiger partial charge in [0.1, 0.15) is 0 Å². The molecule has 142 valence electrons. The highest BCUT2D eigenvalue weighted by Gasteiger charge is 2.31. The third-order valence-electron chi connectivity index (χ3n) is 4.96. The first-order valence-corrected chi connectivity index (χ1v) is 10.6. The summed E-state index contributed by atoms with van der Waals surface area (Å²) in [6.45, 7) is 1.78. The van der Waals surface area contributed by atoms with E-state index in [9.17, 15) is 13.5 Å². The number of nitrogens with one attached hydrogen (secondary N) is 1. The molecule has 1 aliphatic carbocycles. The fraction of sp³-hybridized carbons (Fsp3) is 0.350. The van der Waals surface area contributed by atoms with Gasteiger partial charge in [-0.1, -0.05) is 29.8 Å². The second-order valence-electron chi connectivity index (χ2n) is 7.22. The maximum absolute atomic E-state index is 12.6. The molecule has 2 N–H and O–H groups in total. The van der Waals surface area contributed by atoms with Crippen LogP contribution in [0, 0.1) is 11.3 Å². The highest BCUT2D eigenvalue weighted by molar-refractivity contribution is 7.89. The van der Waals surface area contributed by atoms with Crippen molar-refractivity contribution in [3.63, 3.8) is 0 Å². The Morgan fingerprint density at radius 3 is 2.37 bits per heavy atom. The molecular weight excluding hydrogens is 384 g/mol. The lowest BCUT2D eigenvalue weighted by molar-refractivity contribution is 0.0163. The third-order valence-corrected chi connectivity index (χ3v) is 6.81. The van der Waals surface area contributed by atoms with Gasteiger partial charge in [-0.05, 0) is 62.4 Å². The van der Waals surface area contributed by atoms with Crippen LogP contribution in [0.3, 0.4) is 0 Å². The van der Waals surface area contributed by atoms with Crippen LogP contribution >= 0.6 is 11.6 Å². The number of hydrogen-bond donors (Lipinski definition) is 2. The number of aliphatic hydroxyl groups is 1. The number of nitrogens with zero attached hydrogens (tertiary/aromatic N) is 1. The van der Waals surface area contributed by atoms with E-state index in [0.717, 1.165) is 11.1 Å². The van der Waals surface area contributed by atoms with Crippen molar-refractivity contribution in [3.8, 4) is 17.2 Å². The summed E-state index contributed by atoms with van der Waals surface area (Å²) in [6.07, 6.45) is 2.39. The zero-order valence-corrected chi connectivity index (χ0v) is 16.5. The number of hydrogen-bond acceptors (Lipinski definition) is 4. The summed E-state index contributed by atoms with van der Waals surface area (Å²) in [6, 6.07) is 13.4. The van der Waals surface area contributed by atoms with Gasteiger partial charge in [0, 0.05) is 16.6 Å². The Labute approximate surface area is 164 Å². The van der Waals surface area contributed by atoms with Crippen LogP contribution in [0.4, 0.5) is 0 Å². The van der Waals surface area contributed by atoms with Crippen molar-refractivity contribution in [2.45, 2.75) is 49.1 Å². The molecule has 0 spiro atoms. The van der Waals surface area contributed by atoms with E-state index in [2.05, 4.69) is 4.72 Å². The molecule has 27 heavy (non-hydrogen) atoms. The predicted octanol–water partition coefficient (Wildman–Crippen LogP) is 3.85. The molecule has 0 saturated heterocycles. The molecule has 0 bridgehead atoms. The monoisotopic (exact) mass is 404 g/mol. The van der Waals surface area contributed by atoms with Gasteiger partial charge in [0.15, 0.2) is 0 Å². The Morgan fingerprint density at radius 2 is 1.81 bits per heavy atom. The minimum Gasteiger partial charge on any atom is -0.390 e. The van der Waals surface area contributed by atoms with Crippen molar-refractivity contribution in [1.82, 2.24) is 4.72 Å². The molecule has 0 atom stereocenters. The summed E-state index contributed by atoms with van der Waals surface area (Å²) in [7, 11) is -3.62. The minimum absolute atomic E-state index is 0.164. The van der Waals surface area contributed by atoms with Gasteiger partial charge in [0.2, 0.25) is 10.0 Å². The van der Waals surface area contributed by atoms with Gasteiger partial charge in [-0.3, -0.25) is 0 Å². The summed E-state index contributed by atoms with van der Waals surface area (Å²) < 4.78 is 28.0. The first-order chi connectivity index (χ1) is 12.7. The van der Waals surface area contributed by atoms with Crippen LogP contribution in [0.15, 0.2) is 47.4 Å². The van der Waals surface area contributed by atoms with E-state index in [4.69, 9.17) is 16.9 Å². The maximum atomic E-state index is 12.6. The van der Waals surface area contributed by atoms with Gasteiger partial charge in [-0.15, -0.1) is 0 Å². The standard InChI is InChI=1S/C20H21ClN2O3S/c1-20(24)10-8-16(9-11-20)23-27(25,26)17-5-3-15(4-6-17)18-7-2-14(13-22)12-19(18)21/h2-7,12,16,23-24H,8-11H2,1H3/t16-,20+. The Kier molecular flexibility index (Phi) is 5.59. The third kappa shape index (κ3) is 4.69. The van der Waals surface area contributed by atoms with Crippen LogP contribution in [0.25, 0.3) is 11.1 Å². The first kappa shape index (κ1) is 19.8. The van der Waals surface area contributed by atoms with Crippen molar-refractivity contribution < 1.29 is 13.5 Å². The van der Waals surface area contributed by atoms with Crippen LogP contribution in [0.2, 0.25) is 5.02 Å². The van der Waals surface area contributed by atoms with E-state index in [1.807, 2.05) is 6.07 Å². The van der Waals surface area contributed by atoms with Crippen molar-refractivity contribution in [2.24, 2.45) is 0 Å². The molecule has 1 aliphatic rings. The number of benzene rings is 2. The van der Waals surface area contributed by atoms with Crippen LogP contribution in [-0.2, 0) is 10.0 Å². The molecule has 3 rings (SSSR count). The normalized spacial score (nSPS) is 23.0. The molecule has 1 saturated carbocycles. The molecule has 5 nitrogen and oxygen atoms in total. The molecule has 0 aromatic heterocycles. The van der Waals surface area contributed by atoms with Crippen molar-refractivity contribution >= 4 is 21.6 Å². The average Bonchev–Trinajstić information content (AvgIpc) is 2.63. The summed E-state index contributed by atoms with van der Waals surface area (Å²) in [5.74, 6) is 0. The number of halogens is 1. The lowest BCUT2D eigenvalue weighted by atomic mass is 9.84. The number of nitriles is 1. The zero-order chi connectivity index (χ0) is 19.7. The van der Waals surface area contributed by atoms with E-state index in [0.29, 0.717) is 36.3 Å². The first-order valence-electron chi connectivity index (χ1n) is 8.75. The van der Waals surface area contributed by atoms with Gasteiger partial charge >= 0.3 is 0 Å². The number of rotatable bonds is 4. The van der Waals surface area contributed by atoms with E-state index < -0.39 is 15.6 Å². The molecular formula is C20H21ClN2O3S. The molecule has 2 aromatic carbocycles. The molecule has 0 amide bonds. The Bertz CT molecular complexity index is 969. The van der Waals surface area contributed by atoms with Crippen LogP contribution in [-0.4, -0.2) is 25.2 Å². The quantitative estimate of drug-likeness (QED) is 0.809. The van der Waals surface area contributed by atoms with Crippen molar-refractivity contribution in [1.29, 1.82) is 5.26 Å². The largest absolute Gasteiger partial charge is 0.390 e. The zero-order valence-electron chi connectivity index (χ0n) is 14.9. The second-order valence-corrected chi connectivity index (χ2v) is 9.34. The molecule has 1 fully saturated rings.